The molecule has 0 saturated carbocycles. The molecule has 3 amide bonds. The molecule has 86 valence electrons. The predicted molar refractivity (Wildman–Crippen MR) is 56.0 cm³/mol. The van der Waals surface area contributed by atoms with E-state index in [0.717, 1.165) is 4.90 Å². The second-order valence-electron chi connectivity index (χ2n) is 3.42. The van der Waals surface area contributed by atoms with Crippen molar-refractivity contribution in [1.29, 1.82) is 0 Å². The van der Waals surface area contributed by atoms with Crippen molar-refractivity contribution in [3.8, 4) is 12.3 Å². The molecule has 1 atom stereocenters. The Morgan fingerprint density at radius 1 is 1.62 bits per heavy atom. The van der Waals surface area contributed by atoms with E-state index in [4.69, 9.17) is 6.42 Å². The Bertz CT molecular complexity index is 359. The summed E-state index contributed by atoms with van der Waals surface area (Å²) in [6, 6.07) is -0.738. The zero-order valence-electron chi connectivity index (χ0n) is 8.95. The quantitative estimate of drug-likeness (QED) is 0.331. The number of terminal acetylenes is 1. The van der Waals surface area contributed by atoms with Gasteiger partial charge in [-0.05, 0) is 0 Å². The fourth-order valence-corrected chi connectivity index (χ4v) is 1.36. The first-order valence-electron chi connectivity index (χ1n) is 4.80. The molecule has 1 aliphatic rings. The lowest BCUT2D eigenvalue weighted by atomic mass is 10.2. The maximum Gasteiger partial charge on any atom is 0.252 e. The van der Waals surface area contributed by atoms with Crippen LogP contribution in [0, 0.1) is 12.3 Å². The molecule has 1 fully saturated rings. The minimum atomic E-state index is -0.738. The van der Waals surface area contributed by atoms with E-state index in [-0.39, 0.29) is 37.2 Å². The summed E-state index contributed by atoms with van der Waals surface area (Å²) >= 11 is 0. The van der Waals surface area contributed by atoms with E-state index in [0.29, 0.717) is 0 Å². The number of nitrogens with one attached hydrogen (secondary N) is 2. The van der Waals surface area contributed by atoms with Crippen molar-refractivity contribution in [2.45, 2.75) is 12.5 Å². The lowest BCUT2D eigenvalue weighted by Crippen LogP contribution is -2.44. The summed E-state index contributed by atoms with van der Waals surface area (Å²) in [5.41, 5.74) is 0. The third-order valence-electron chi connectivity index (χ3n) is 2.23. The van der Waals surface area contributed by atoms with Gasteiger partial charge in [-0.2, -0.15) is 0 Å². The first kappa shape index (κ1) is 12.2. The number of carbonyl (C=O) groups is 3. The van der Waals surface area contributed by atoms with Gasteiger partial charge in [-0.1, -0.05) is 5.92 Å². The van der Waals surface area contributed by atoms with E-state index in [1.54, 1.807) is 0 Å². The van der Waals surface area contributed by atoms with Crippen molar-refractivity contribution < 1.29 is 14.4 Å². The molecular weight excluding hydrogens is 210 g/mol. The van der Waals surface area contributed by atoms with Crippen molar-refractivity contribution >= 4 is 17.7 Å². The highest BCUT2D eigenvalue weighted by molar-refractivity contribution is 6.06. The summed E-state index contributed by atoms with van der Waals surface area (Å²) in [5, 5.41) is 5.15. The zero-order valence-corrected chi connectivity index (χ0v) is 8.95. The SMILES string of the molecule is C#CCNCC(=O)NC1CC(=O)N(C)C1=O. The van der Waals surface area contributed by atoms with Crippen molar-refractivity contribution in [1.82, 2.24) is 15.5 Å². The molecule has 1 unspecified atom stereocenters. The van der Waals surface area contributed by atoms with Gasteiger partial charge in [-0.3, -0.25) is 24.6 Å². The van der Waals surface area contributed by atoms with E-state index >= 15 is 0 Å². The molecule has 1 heterocycles. The number of likely N-dealkylation sites (tertiary alicyclic amines) is 1. The number of hydrogen-bond acceptors (Lipinski definition) is 4. The van der Waals surface area contributed by atoms with Crippen molar-refractivity contribution in [3.05, 3.63) is 0 Å². The van der Waals surface area contributed by atoms with Crippen LogP contribution < -0.4 is 10.6 Å². The van der Waals surface area contributed by atoms with Crippen LogP contribution in [0.2, 0.25) is 0 Å². The second kappa shape index (κ2) is 5.28. The Kier molecular flexibility index (Phi) is 4.03. The van der Waals surface area contributed by atoms with E-state index in [1.807, 2.05) is 0 Å². The van der Waals surface area contributed by atoms with Gasteiger partial charge in [0.05, 0.1) is 19.5 Å². The summed E-state index contributed by atoms with van der Waals surface area (Å²) in [7, 11) is 1.40. The summed E-state index contributed by atoms with van der Waals surface area (Å²) < 4.78 is 0. The standard InChI is InChI=1S/C10H13N3O3/c1-3-4-11-6-8(14)12-7-5-9(15)13(2)10(7)16/h1,7,11H,4-6H2,2H3,(H,12,14). The van der Waals surface area contributed by atoms with Crippen LogP contribution in [0.15, 0.2) is 0 Å². The molecule has 6 nitrogen and oxygen atoms in total. The highest BCUT2D eigenvalue weighted by Crippen LogP contribution is 2.09. The van der Waals surface area contributed by atoms with Crippen LogP contribution in [0.3, 0.4) is 0 Å². The first-order valence-corrected chi connectivity index (χ1v) is 4.80. The van der Waals surface area contributed by atoms with Crippen molar-refractivity contribution in [3.63, 3.8) is 0 Å². The molecule has 16 heavy (non-hydrogen) atoms. The Morgan fingerprint density at radius 3 is 2.81 bits per heavy atom. The van der Waals surface area contributed by atoms with Crippen LogP contribution in [0.1, 0.15) is 6.42 Å². The largest absolute Gasteiger partial charge is 0.343 e. The maximum atomic E-state index is 11.4. The Morgan fingerprint density at radius 2 is 2.31 bits per heavy atom. The van der Waals surface area contributed by atoms with Crippen molar-refractivity contribution in [2.24, 2.45) is 0 Å². The van der Waals surface area contributed by atoms with Gasteiger partial charge in [0.2, 0.25) is 11.8 Å². The Balaban J connectivity index is 2.38. The molecule has 0 aliphatic carbocycles. The number of likely N-dealkylation sites (N-methyl/N-ethyl adjacent to an activating group) is 1. The van der Waals surface area contributed by atoms with Crippen molar-refractivity contribution in [2.75, 3.05) is 20.1 Å². The average Bonchev–Trinajstić information content (AvgIpc) is 2.47. The minimum Gasteiger partial charge on any atom is -0.343 e. The number of imide groups is 1. The second-order valence-corrected chi connectivity index (χ2v) is 3.42. The monoisotopic (exact) mass is 223 g/mol. The van der Waals surface area contributed by atoms with Crippen LogP contribution in [0.5, 0.6) is 0 Å². The van der Waals surface area contributed by atoms with E-state index in [9.17, 15) is 14.4 Å². The van der Waals surface area contributed by atoms with Gasteiger partial charge in [-0.15, -0.1) is 6.42 Å². The molecule has 0 aromatic heterocycles. The van der Waals surface area contributed by atoms with Crippen LogP contribution >= 0.6 is 0 Å². The van der Waals surface area contributed by atoms with Crippen LogP contribution in [-0.2, 0) is 14.4 Å². The molecular formula is C10H13N3O3. The van der Waals surface area contributed by atoms with Gasteiger partial charge >= 0.3 is 0 Å². The third-order valence-corrected chi connectivity index (χ3v) is 2.23. The number of rotatable bonds is 4. The number of carbonyl (C=O) groups excluding carboxylic acids is 3. The molecule has 0 spiro atoms. The van der Waals surface area contributed by atoms with Crippen LogP contribution in [0.4, 0.5) is 0 Å². The van der Waals surface area contributed by atoms with Gasteiger partial charge in [0.1, 0.15) is 6.04 Å². The zero-order chi connectivity index (χ0) is 12.1. The lowest BCUT2D eigenvalue weighted by molar-refractivity contribution is -0.138. The lowest BCUT2D eigenvalue weighted by Gasteiger charge is -2.10. The summed E-state index contributed by atoms with van der Waals surface area (Å²) in [4.78, 5) is 34.9. The van der Waals surface area contributed by atoms with E-state index in [2.05, 4.69) is 16.6 Å². The molecule has 0 bridgehead atoms. The maximum absolute atomic E-state index is 11.4. The van der Waals surface area contributed by atoms with Crippen LogP contribution in [0.25, 0.3) is 0 Å². The smallest absolute Gasteiger partial charge is 0.252 e. The first-order chi connectivity index (χ1) is 7.56. The van der Waals surface area contributed by atoms with Gasteiger partial charge in [-0.25, -0.2) is 0 Å². The molecule has 1 aliphatic heterocycles. The molecule has 0 aromatic rings. The molecule has 1 saturated heterocycles. The minimum absolute atomic E-state index is 0.0240. The predicted octanol–water partition coefficient (Wildman–Crippen LogP) is -1.92. The summed E-state index contributed by atoms with van der Waals surface area (Å²) in [6.45, 7) is 0.316. The van der Waals surface area contributed by atoms with E-state index < -0.39 is 6.04 Å². The van der Waals surface area contributed by atoms with Crippen LogP contribution in [-0.4, -0.2) is 48.8 Å². The fourth-order valence-electron chi connectivity index (χ4n) is 1.36. The van der Waals surface area contributed by atoms with Gasteiger partial charge in [0.25, 0.3) is 5.91 Å². The number of nitrogens with zero attached hydrogens (tertiary/aromatic N) is 1. The average molecular weight is 223 g/mol. The Hall–Kier alpha value is -1.87. The highest BCUT2D eigenvalue weighted by Gasteiger charge is 2.36. The number of amides is 3. The summed E-state index contributed by atoms with van der Waals surface area (Å²) in [5.74, 6) is 1.30. The Labute approximate surface area is 93.4 Å². The molecule has 2 N–H and O–H groups in total. The highest BCUT2D eigenvalue weighted by atomic mass is 16.2. The summed E-state index contributed by atoms with van der Waals surface area (Å²) in [6.07, 6.45) is 5.01. The van der Waals surface area contributed by atoms with E-state index in [1.165, 1.54) is 7.05 Å². The normalized spacial score (nSPS) is 19.8. The van der Waals surface area contributed by atoms with Gasteiger partial charge in [0.15, 0.2) is 0 Å². The fraction of sp³-hybridized carbons (Fsp3) is 0.500. The molecule has 0 radical (unpaired) electrons. The topological polar surface area (TPSA) is 78.5 Å². The molecule has 0 aromatic carbocycles. The third kappa shape index (κ3) is 2.81. The molecule has 6 heteroatoms. The number of hydrogen-bond donors (Lipinski definition) is 2. The molecule has 1 rings (SSSR count). The van der Waals surface area contributed by atoms with Gasteiger partial charge < -0.3 is 5.32 Å². The van der Waals surface area contributed by atoms with Gasteiger partial charge in [0, 0.05) is 7.05 Å².